The molecule has 0 spiro atoms. The van der Waals surface area contributed by atoms with Gasteiger partial charge in [-0.3, -0.25) is 0 Å². The topological polar surface area (TPSA) is 3.24 Å². The molecular weight excluding hydrogens is 527 g/mol. The van der Waals surface area contributed by atoms with Crippen molar-refractivity contribution in [3.05, 3.63) is 163 Å². The molecule has 5 aromatic carbocycles. The van der Waals surface area contributed by atoms with E-state index in [0.717, 1.165) is 22.7 Å². The second kappa shape index (κ2) is 10.7. The summed E-state index contributed by atoms with van der Waals surface area (Å²) in [6.07, 6.45) is 8.56. The van der Waals surface area contributed by atoms with Crippen molar-refractivity contribution in [1.29, 1.82) is 0 Å². The van der Waals surface area contributed by atoms with Crippen molar-refractivity contribution in [2.24, 2.45) is 0 Å². The molecule has 1 nitrogen and oxygen atoms in total. The summed E-state index contributed by atoms with van der Waals surface area (Å²) in [5.41, 5.74) is 13.3. The average Bonchev–Trinajstić information content (AvgIpc) is 3.31. The Labute approximate surface area is 253 Å². The molecule has 0 atom stereocenters. The molecule has 0 radical (unpaired) electrons. The van der Waals surface area contributed by atoms with Crippen molar-refractivity contribution in [3.8, 4) is 22.3 Å². The highest BCUT2D eigenvalue weighted by atomic mass is 32.2. The third kappa shape index (κ3) is 4.44. The number of hydrogen-bond donors (Lipinski definition) is 0. The number of hydrogen-bond acceptors (Lipinski definition) is 2. The minimum Gasteiger partial charge on any atom is -0.309 e. The lowest BCUT2D eigenvalue weighted by Gasteiger charge is -2.31. The van der Waals surface area contributed by atoms with E-state index in [2.05, 4.69) is 165 Å². The Balaban J connectivity index is 1.49. The summed E-state index contributed by atoms with van der Waals surface area (Å²) in [6, 6.07) is 42.0. The van der Waals surface area contributed by atoms with Gasteiger partial charge >= 0.3 is 0 Å². The summed E-state index contributed by atoms with van der Waals surface area (Å²) in [6.45, 7) is 9.24. The van der Waals surface area contributed by atoms with Crippen LogP contribution in [-0.4, -0.2) is 5.75 Å². The van der Waals surface area contributed by atoms with Gasteiger partial charge in [0.05, 0.1) is 11.4 Å². The lowest BCUT2D eigenvalue weighted by molar-refractivity contribution is 0.660. The van der Waals surface area contributed by atoms with Crippen LogP contribution >= 0.6 is 11.8 Å². The van der Waals surface area contributed by atoms with Crippen LogP contribution in [0.3, 0.4) is 0 Å². The summed E-state index contributed by atoms with van der Waals surface area (Å²) >= 11 is 1.86. The van der Waals surface area contributed by atoms with E-state index in [1.165, 1.54) is 49.5 Å². The lowest BCUT2D eigenvalue weighted by atomic mass is 9.82. The first-order valence-corrected chi connectivity index (χ1v) is 15.5. The van der Waals surface area contributed by atoms with E-state index in [1.54, 1.807) is 0 Å². The SMILES string of the molecule is C=C1/C=C\C=C/CSc2cccc(N(c3ccc(-c4ccccc4)cc3)c3cccc4c3-c3ccccc3C4(C)C)c21. The molecule has 0 saturated carbocycles. The zero-order chi connectivity index (χ0) is 28.7. The number of anilines is 3. The molecule has 0 aromatic heterocycles. The van der Waals surface area contributed by atoms with Gasteiger partial charge in [0.15, 0.2) is 0 Å². The zero-order valence-corrected chi connectivity index (χ0v) is 24.9. The molecular formula is C40H33NS. The van der Waals surface area contributed by atoms with E-state index in [1.807, 2.05) is 11.8 Å². The molecule has 204 valence electrons. The first kappa shape index (κ1) is 26.4. The Morgan fingerprint density at radius 3 is 2.12 bits per heavy atom. The van der Waals surface area contributed by atoms with E-state index >= 15 is 0 Å². The van der Waals surface area contributed by atoms with E-state index < -0.39 is 0 Å². The maximum atomic E-state index is 4.55. The zero-order valence-electron chi connectivity index (χ0n) is 24.0. The summed E-state index contributed by atoms with van der Waals surface area (Å²) < 4.78 is 0. The Morgan fingerprint density at radius 1 is 0.643 bits per heavy atom. The summed E-state index contributed by atoms with van der Waals surface area (Å²) in [4.78, 5) is 3.70. The van der Waals surface area contributed by atoms with E-state index in [4.69, 9.17) is 0 Å². The molecule has 42 heavy (non-hydrogen) atoms. The van der Waals surface area contributed by atoms with Gasteiger partial charge in [0.25, 0.3) is 0 Å². The maximum absolute atomic E-state index is 4.55. The van der Waals surface area contributed by atoms with Crippen molar-refractivity contribution < 1.29 is 0 Å². The smallest absolute Gasteiger partial charge is 0.0551 e. The fourth-order valence-corrected chi connectivity index (χ4v) is 7.38. The van der Waals surface area contributed by atoms with Gasteiger partial charge in [-0.25, -0.2) is 0 Å². The van der Waals surface area contributed by atoms with Crippen molar-refractivity contribution in [2.45, 2.75) is 24.2 Å². The molecule has 0 bridgehead atoms. The molecule has 2 heteroatoms. The molecule has 5 aromatic rings. The van der Waals surface area contributed by atoms with Gasteiger partial charge in [0.2, 0.25) is 0 Å². The third-order valence-electron chi connectivity index (χ3n) is 8.50. The minimum atomic E-state index is -0.0813. The second-order valence-electron chi connectivity index (χ2n) is 11.4. The molecule has 0 unspecified atom stereocenters. The number of nitrogens with zero attached hydrogens (tertiary/aromatic N) is 1. The van der Waals surface area contributed by atoms with Crippen LogP contribution in [0.25, 0.3) is 27.8 Å². The van der Waals surface area contributed by atoms with Crippen molar-refractivity contribution in [1.82, 2.24) is 0 Å². The molecule has 0 N–H and O–H groups in total. The highest BCUT2D eigenvalue weighted by Gasteiger charge is 2.38. The average molecular weight is 560 g/mol. The highest BCUT2D eigenvalue weighted by Crippen LogP contribution is 2.55. The van der Waals surface area contributed by atoms with Gasteiger partial charge in [0, 0.05) is 32.9 Å². The second-order valence-corrected chi connectivity index (χ2v) is 12.5. The summed E-state index contributed by atoms with van der Waals surface area (Å²) in [5, 5.41) is 0. The van der Waals surface area contributed by atoms with Gasteiger partial charge in [-0.05, 0) is 63.7 Å². The number of allylic oxidation sites excluding steroid dienone is 4. The van der Waals surface area contributed by atoms with Crippen LogP contribution in [-0.2, 0) is 5.41 Å². The van der Waals surface area contributed by atoms with Crippen LogP contribution in [0, 0.1) is 0 Å². The number of benzene rings is 5. The Morgan fingerprint density at radius 2 is 1.31 bits per heavy atom. The van der Waals surface area contributed by atoms with Crippen LogP contribution in [0.15, 0.2) is 151 Å². The molecule has 1 aliphatic heterocycles. The lowest BCUT2D eigenvalue weighted by Crippen LogP contribution is -2.16. The van der Waals surface area contributed by atoms with E-state index in [-0.39, 0.29) is 5.41 Å². The Hall–Kier alpha value is -4.53. The largest absolute Gasteiger partial charge is 0.309 e. The molecule has 0 amide bonds. The van der Waals surface area contributed by atoms with Crippen LogP contribution in [0.2, 0.25) is 0 Å². The van der Waals surface area contributed by atoms with Crippen molar-refractivity contribution in [3.63, 3.8) is 0 Å². The normalized spacial score (nSPS) is 16.3. The van der Waals surface area contributed by atoms with Gasteiger partial charge in [-0.2, -0.15) is 0 Å². The minimum absolute atomic E-state index is 0.0813. The van der Waals surface area contributed by atoms with Crippen LogP contribution in [0.1, 0.15) is 30.5 Å². The molecule has 2 aliphatic rings. The summed E-state index contributed by atoms with van der Waals surface area (Å²) in [7, 11) is 0. The molecule has 7 rings (SSSR count). The van der Waals surface area contributed by atoms with Gasteiger partial charge < -0.3 is 4.90 Å². The monoisotopic (exact) mass is 559 g/mol. The van der Waals surface area contributed by atoms with Gasteiger partial charge in [-0.1, -0.05) is 130 Å². The number of fused-ring (bicyclic) bond motifs is 4. The van der Waals surface area contributed by atoms with Gasteiger partial charge in [-0.15, -0.1) is 11.8 Å². The number of thioether (sulfide) groups is 1. The van der Waals surface area contributed by atoms with Crippen molar-refractivity contribution in [2.75, 3.05) is 10.7 Å². The first-order chi connectivity index (χ1) is 20.5. The first-order valence-electron chi connectivity index (χ1n) is 14.5. The van der Waals surface area contributed by atoms with Gasteiger partial charge in [0.1, 0.15) is 0 Å². The fourth-order valence-electron chi connectivity index (χ4n) is 6.44. The highest BCUT2D eigenvalue weighted by molar-refractivity contribution is 7.99. The predicted molar refractivity (Wildman–Crippen MR) is 182 cm³/mol. The van der Waals surface area contributed by atoms with Crippen LogP contribution in [0.5, 0.6) is 0 Å². The van der Waals surface area contributed by atoms with Crippen molar-refractivity contribution >= 4 is 34.4 Å². The quantitative estimate of drug-likeness (QED) is 0.215. The Kier molecular flexibility index (Phi) is 6.72. The predicted octanol–water partition coefficient (Wildman–Crippen LogP) is 11.4. The standard InChI is InChI=1S/C40H33NS/c1-28-14-6-5-11-27-42-37-22-13-21-35(38(28)37)41(31-25-23-30(24-26-31)29-15-7-4-8-16-29)36-20-12-19-34-39(36)32-17-9-10-18-33(32)40(34,2)3/h4-26H,1,27H2,2-3H3/b11-5-,14-6-. The van der Waals surface area contributed by atoms with E-state index in [9.17, 15) is 0 Å². The summed E-state index contributed by atoms with van der Waals surface area (Å²) in [5.74, 6) is 0.919. The molecule has 0 fully saturated rings. The van der Waals surface area contributed by atoms with Crippen LogP contribution < -0.4 is 4.90 Å². The Bertz CT molecular complexity index is 1860. The third-order valence-corrected chi connectivity index (χ3v) is 9.52. The maximum Gasteiger partial charge on any atom is 0.0551 e. The molecule has 1 aliphatic carbocycles. The number of rotatable bonds is 4. The fraction of sp³-hybridized carbons (Fsp3) is 0.100. The molecule has 1 heterocycles. The molecule has 0 saturated heterocycles. The van der Waals surface area contributed by atoms with E-state index in [0.29, 0.717) is 0 Å². The van der Waals surface area contributed by atoms with Crippen LogP contribution in [0.4, 0.5) is 17.1 Å².